The van der Waals surface area contributed by atoms with Gasteiger partial charge in [-0.2, -0.15) is 0 Å². The van der Waals surface area contributed by atoms with Crippen LogP contribution < -0.4 is 0 Å². The van der Waals surface area contributed by atoms with Crippen LogP contribution in [0.25, 0.3) is 0 Å². The van der Waals surface area contributed by atoms with Crippen molar-refractivity contribution in [3.8, 4) is 0 Å². The summed E-state index contributed by atoms with van der Waals surface area (Å²) in [6.07, 6.45) is 1.93. The summed E-state index contributed by atoms with van der Waals surface area (Å²) in [4.78, 5) is 0. The Bertz CT molecular complexity index is 838. The van der Waals surface area contributed by atoms with Crippen LogP contribution in [-0.4, -0.2) is 11.7 Å². The molecule has 1 N–H and O–H groups in total. The van der Waals surface area contributed by atoms with Crippen molar-refractivity contribution in [3.63, 3.8) is 0 Å². The average Bonchev–Trinajstić information content (AvgIpc) is 3.49. The first kappa shape index (κ1) is 18.5. The predicted octanol–water partition coefficient (Wildman–Crippen LogP) is 5.67. The van der Waals surface area contributed by atoms with E-state index in [2.05, 4.69) is 0 Å². The van der Waals surface area contributed by atoms with Crippen molar-refractivity contribution >= 4 is 0 Å². The van der Waals surface area contributed by atoms with Crippen molar-refractivity contribution in [3.05, 3.63) is 70.0 Å². The maximum absolute atomic E-state index is 14.5. The highest BCUT2D eigenvalue weighted by atomic mass is 19.2. The average molecular weight is 376 g/mol. The maximum atomic E-state index is 14.5. The lowest BCUT2D eigenvalue weighted by atomic mass is 9.75. The fourth-order valence-electron chi connectivity index (χ4n) is 4.24. The molecule has 2 aromatic rings. The molecule has 144 valence electrons. The number of hydrogen-bond donors (Lipinski definition) is 1. The Morgan fingerprint density at radius 3 is 2.15 bits per heavy atom. The SMILES string of the molecule is CC(O)c1ccc(C2CCC(c3ccc(C4CO4)c(F)c3)CC2)c(F)c1F. The Morgan fingerprint density at radius 2 is 1.56 bits per heavy atom. The van der Waals surface area contributed by atoms with Crippen molar-refractivity contribution in [2.75, 3.05) is 6.61 Å². The smallest absolute Gasteiger partial charge is 0.164 e. The summed E-state index contributed by atoms with van der Waals surface area (Å²) in [5, 5.41) is 9.53. The van der Waals surface area contributed by atoms with Crippen molar-refractivity contribution in [2.24, 2.45) is 0 Å². The van der Waals surface area contributed by atoms with Gasteiger partial charge in [-0.25, -0.2) is 13.2 Å². The van der Waals surface area contributed by atoms with Gasteiger partial charge in [0.15, 0.2) is 11.6 Å². The summed E-state index contributed by atoms with van der Waals surface area (Å²) in [5.41, 5.74) is 1.94. The Morgan fingerprint density at radius 1 is 0.926 bits per heavy atom. The Kier molecular flexibility index (Phi) is 4.99. The lowest BCUT2D eigenvalue weighted by Gasteiger charge is -2.29. The fourth-order valence-corrected chi connectivity index (χ4v) is 4.24. The molecule has 5 heteroatoms. The molecule has 1 saturated heterocycles. The zero-order chi connectivity index (χ0) is 19.1. The van der Waals surface area contributed by atoms with Gasteiger partial charge in [-0.1, -0.05) is 24.3 Å². The summed E-state index contributed by atoms with van der Waals surface area (Å²) in [7, 11) is 0. The normalized spacial score (nSPS) is 26.0. The van der Waals surface area contributed by atoms with E-state index in [1.807, 2.05) is 6.07 Å². The van der Waals surface area contributed by atoms with Crippen LogP contribution in [-0.2, 0) is 4.74 Å². The van der Waals surface area contributed by atoms with Crippen LogP contribution >= 0.6 is 0 Å². The summed E-state index contributed by atoms with van der Waals surface area (Å²) in [6.45, 7) is 2.00. The van der Waals surface area contributed by atoms with Crippen LogP contribution in [0.5, 0.6) is 0 Å². The molecule has 0 radical (unpaired) electrons. The van der Waals surface area contributed by atoms with Crippen LogP contribution in [0.3, 0.4) is 0 Å². The van der Waals surface area contributed by atoms with Crippen molar-refractivity contribution in [2.45, 2.75) is 56.7 Å². The first-order valence-electron chi connectivity index (χ1n) is 9.52. The first-order valence-corrected chi connectivity index (χ1v) is 9.52. The van der Waals surface area contributed by atoms with Crippen LogP contribution in [0.4, 0.5) is 13.2 Å². The molecule has 1 saturated carbocycles. The second kappa shape index (κ2) is 7.28. The van der Waals surface area contributed by atoms with Gasteiger partial charge in [-0.05, 0) is 61.6 Å². The highest BCUT2D eigenvalue weighted by Crippen LogP contribution is 2.43. The summed E-state index contributed by atoms with van der Waals surface area (Å²) in [5.74, 6) is -1.85. The van der Waals surface area contributed by atoms with Gasteiger partial charge >= 0.3 is 0 Å². The molecule has 4 rings (SSSR count). The van der Waals surface area contributed by atoms with E-state index in [9.17, 15) is 18.3 Å². The molecule has 0 bridgehead atoms. The van der Waals surface area contributed by atoms with Crippen molar-refractivity contribution in [1.82, 2.24) is 0 Å². The Hall–Kier alpha value is -1.85. The zero-order valence-corrected chi connectivity index (χ0v) is 15.2. The van der Waals surface area contributed by atoms with Gasteiger partial charge in [0.05, 0.1) is 12.7 Å². The molecule has 0 aromatic heterocycles. The van der Waals surface area contributed by atoms with Crippen LogP contribution in [0, 0.1) is 17.5 Å². The van der Waals surface area contributed by atoms with E-state index in [1.165, 1.54) is 13.0 Å². The number of hydrogen-bond acceptors (Lipinski definition) is 2. The third-order valence-electron chi connectivity index (χ3n) is 5.94. The Labute approximate surface area is 157 Å². The molecule has 1 aliphatic carbocycles. The third-order valence-corrected chi connectivity index (χ3v) is 5.94. The standard InChI is InChI=1S/C22H23F3O2/c1-12(26)16-8-9-17(22(25)21(16)24)14-4-2-13(3-5-14)15-6-7-18(19(23)10-15)20-11-27-20/h6-10,12-14,20,26H,2-5,11H2,1H3. The third kappa shape index (κ3) is 3.63. The minimum atomic E-state index is -1.04. The van der Waals surface area contributed by atoms with E-state index in [1.54, 1.807) is 18.2 Å². The topological polar surface area (TPSA) is 32.8 Å². The lowest BCUT2D eigenvalue weighted by molar-refractivity contribution is 0.192. The first-order chi connectivity index (χ1) is 13.0. The van der Waals surface area contributed by atoms with Gasteiger partial charge < -0.3 is 9.84 Å². The Balaban J connectivity index is 1.46. The van der Waals surface area contributed by atoms with Crippen LogP contribution in [0.1, 0.15) is 78.9 Å². The minimum absolute atomic E-state index is 0.0138. The molecule has 0 spiro atoms. The fraction of sp³-hybridized carbons (Fsp3) is 0.455. The molecular formula is C22H23F3O2. The second-order valence-electron chi connectivity index (χ2n) is 7.70. The highest BCUT2D eigenvalue weighted by Gasteiger charge is 2.30. The molecule has 2 unspecified atom stereocenters. The lowest BCUT2D eigenvalue weighted by Crippen LogP contribution is -2.15. The van der Waals surface area contributed by atoms with Gasteiger partial charge in [0.25, 0.3) is 0 Å². The van der Waals surface area contributed by atoms with E-state index < -0.39 is 17.7 Å². The van der Waals surface area contributed by atoms with Gasteiger partial charge in [-0.15, -0.1) is 0 Å². The molecule has 2 fully saturated rings. The van der Waals surface area contributed by atoms with Gasteiger partial charge in [0.1, 0.15) is 11.9 Å². The molecular weight excluding hydrogens is 353 g/mol. The second-order valence-corrected chi connectivity index (χ2v) is 7.70. The molecule has 1 aliphatic heterocycles. The minimum Gasteiger partial charge on any atom is -0.389 e. The number of aliphatic hydroxyl groups excluding tert-OH is 1. The molecule has 2 aliphatic rings. The van der Waals surface area contributed by atoms with Crippen LogP contribution in [0.2, 0.25) is 0 Å². The summed E-state index contributed by atoms with van der Waals surface area (Å²) in [6, 6.07) is 8.43. The van der Waals surface area contributed by atoms with Crippen molar-refractivity contribution < 1.29 is 23.0 Å². The number of halogens is 3. The predicted molar refractivity (Wildman–Crippen MR) is 96.0 cm³/mol. The van der Waals surface area contributed by atoms with Gasteiger partial charge in [-0.3, -0.25) is 0 Å². The molecule has 0 amide bonds. The number of ether oxygens (including phenoxy) is 1. The van der Waals surface area contributed by atoms with E-state index in [0.717, 1.165) is 31.2 Å². The zero-order valence-electron chi connectivity index (χ0n) is 15.2. The monoisotopic (exact) mass is 376 g/mol. The van der Waals surface area contributed by atoms with E-state index in [4.69, 9.17) is 4.74 Å². The van der Waals surface area contributed by atoms with Gasteiger partial charge in [0.2, 0.25) is 0 Å². The largest absolute Gasteiger partial charge is 0.389 e. The molecule has 1 heterocycles. The molecule has 2 nitrogen and oxygen atoms in total. The summed E-state index contributed by atoms with van der Waals surface area (Å²) >= 11 is 0. The van der Waals surface area contributed by atoms with E-state index in [0.29, 0.717) is 17.7 Å². The number of benzene rings is 2. The number of aliphatic hydroxyl groups is 1. The molecule has 2 aromatic carbocycles. The molecule has 27 heavy (non-hydrogen) atoms. The summed E-state index contributed by atoms with van der Waals surface area (Å²) < 4.78 is 48.0. The highest BCUT2D eigenvalue weighted by molar-refractivity contribution is 5.33. The van der Waals surface area contributed by atoms with E-state index >= 15 is 0 Å². The van der Waals surface area contributed by atoms with Crippen LogP contribution in [0.15, 0.2) is 30.3 Å². The number of rotatable bonds is 4. The van der Waals surface area contributed by atoms with Gasteiger partial charge in [0, 0.05) is 11.1 Å². The van der Waals surface area contributed by atoms with E-state index in [-0.39, 0.29) is 29.3 Å². The quantitative estimate of drug-likeness (QED) is 0.698. The number of epoxide rings is 1. The molecule has 2 atom stereocenters. The maximum Gasteiger partial charge on any atom is 0.164 e. The van der Waals surface area contributed by atoms with Crippen molar-refractivity contribution in [1.29, 1.82) is 0 Å².